The van der Waals surface area contributed by atoms with Crippen molar-refractivity contribution in [2.45, 2.75) is 110 Å². The Kier molecular flexibility index (Phi) is 20.7. The van der Waals surface area contributed by atoms with Crippen LogP contribution >= 0.6 is 0 Å². The van der Waals surface area contributed by atoms with Gasteiger partial charge in [-0.25, -0.2) is 0 Å². The molecule has 0 bridgehead atoms. The summed E-state index contributed by atoms with van der Waals surface area (Å²) >= 11 is 0. The molecule has 5 nitrogen and oxygen atoms in total. The Hall–Kier alpha value is -0.810. The number of quaternary nitrogens is 1. The van der Waals surface area contributed by atoms with E-state index in [1.54, 1.807) is 0 Å². The zero-order valence-electron chi connectivity index (χ0n) is 21.2. The number of likely N-dealkylation sites (N-methyl/N-ethyl adjacent to an activating group) is 1. The van der Waals surface area contributed by atoms with Crippen LogP contribution in [0, 0.1) is 5.92 Å². The van der Waals surface area contributed by atoms with Crippen LogP contribution in [0.5, 0.6) is 0 Å². The largest absolute Gasteiger partial charge is 1.00 e. The predicted molar refractivity (Wildman–Crippen MR) is 124 cm³/mol. The topological polar surface area (TPSA) is 52.6 Å². The van der Waals surface area contributed by atoms with Crippen LogP contribution in [0.2, 0.25) is 0 Å². The van der Waals surface area contributed by atoms with E-state index in [1.807, 2.05) is 35.0 Å². The Morgan fingerprint density at radius 3 is 1.68 bits per heavy atom. The molecule has 0 N–H and O–H groups in total. The first-order chi connectivity index (χ1) is 14.1. The fourth-order valence-electron chi connectivity index (χ4n) is 3.52. The lowest BCUT2D eigenvalue weighted by molar-refractivity contribution is -0.873. The Morgan fingerprint density at radius 2 is 1.23 bits per heavy atom. The molecule has 0 saturated carbocycles. The number of ether oxygens (including phenoxy) is 2. The molecular formula is C25H50ClNO4. The molecule has 0 aliphatic rings. The highest BCUT2D eigenvalue weighted by Gasteiger charge is 2.25. The van der Waals surface area contributed by atoms with E-state index in [0.717, 1.165) is 12.8 Å². The molecule has 0 radical (unpaired) electrons. The summed E-state index contributed by atoms with van der Waals surface area (Å²) in [5.74, 6) is -0.255. The van der Waals surface area contributed by atoms with E-state index in [4.69, 9.17) is 9.47 Å². The van der Waals surface area contributed by atoms with Gasteiger partial charge in [0, 0.05) is 6.42 Å². The molecule has 0 fully saturated rings. The summed E-state index contributed by atoms with van der Waals surface area (Å²) in [6.45, 7) is 7.28. The highest BCUT2D eigenvalue weighted by molar-refractivity contribution is 5.72. The molecule has 6 heteroatoms. The monoisotopic (exact) mass is 463 g/mol. The highest BCUT2D eigenvalue weighted by atomic mass is 35.5. The van der Waals surface area contributed by atoms with Crippen molar-refractivity contribution < 1.29 is 36.0 Å². The maximum Gasteiger partial charge on any atom is 0.309 e. The first-order valence-corrected chi connectivity index (χ1v) is 12.3. The Balaban J connectivity index is 0. The molecule has 186 valence electrons. The lowest BCUT2D eigenvalue weighted by Crippen LogP contribution is -3.00. The average Bonchev–Trinajstić information content (AvgIpc) is 2.60. The highest BCUT2D eigenvalue weighted by Crippen LogP contribution is 2.12. The van der Waals surface area contributed by atoms with Gasteiger partial charge in [0.1, 0.15) is 6.54 Å². The lowest BCUT2D eigenvalue weighted by atomic mass is 10.1. The second kappa shape index (κ2) is 19.8. The van der Waals surface area contributed by atoms with Crippen LogP contribution in [0.15, 0.2) is 0 Å². The average molecular weight is 464 g/mol. The van der Waals surface area contributed by atoms with Gasteiger partial charge in [-0.2, -0.15) is 0 Å². The fraction of sp³-hybridized carbons (Fsp3) is 0.920. The second-order valence-corrected chi connectivity index (χ2v) is 10.1. The summed E-state index contributed by atoms with van der Waals surface area (Å²) in [7, 11) is 6.08. The van der Waals surface area contributed by atoms with Gasteiger partial charge in [0.25, 0.3) is 0 Å². The fourth-order valence-corrected chi connectivity index (χ4v) is 3.52. The van der Waals surface area contributed by atoms with Gasteiger partial charge >= 0.3 is 11.9 Å². The molecule has 0 amide bonds. The zero-order valence-corrected chi connectivity index (χ0v) is 22.0. The molecule has 0 aromatic carbocycles. The van der Waals surface area contributed by atoms with E-state index in [-0.39, 0.29) is 36.7 Å². The van der Waals surface area contributed by atoms with Gasteiger partial charge in [0.05, 0.1) is 34.2 Å². The third kappa shape index (κ3) is 23.7. The lowest BCUT2D eigenvalue weighted by Gasteiger charge is -2.28. The van der Waals surface area contributed by atoms with Crippen molar-refractivity contribution >= 4 is 11.9 Å². The number of hydrogen-bond acceptors (Lipinski definition) is 4. The van der Waals surface area contributed by atoms with Gasteiger partial charge in [0.2, 0.25) is 0 Å². The van der Waals surface area contributed by atoms with Gasteiger partial charge in [-0.15, -0.1) is 0 Å². The summed E-state index contributed by atoms with van der Waals surface area (Å²) in [6, 6.07) is 0. The minimum Gasteiger partial charge on any atom is -1.00 e. The van der Waals surface area contributed by atoms with Crippen molar-refractivity contribution in [1.29, 1.82) is 0 Å². The Labute approximate surface area is 198 Å². The predicted octanol–water partition coefficient (Wildman–Crippen LogP) is 2.90. The van der Waals surface area contributed by atoms with E-state index in [9.17, 15) is 9.59 Å². The number of esters is 2. The van der Waals surface area contributed by atoms with E-state index in [0.29, 0.717) is 24.1 Å². The molecule has 0 aromatic rings. The van der Waals surface area contributed by atoms with Crippen LogP contribution < -0.4 is 12.4 Å². The smallest absolute Gasteiger partial charge is 0.309 e. The summed E-state index contributed by atoms with van der Waals surface area (Å²) in [5.41, 5.74) is 0. The Morgan fingerprint density at radius 1 is 0.742 bits per heavy atom. The van der Waals surface area contributed by atoms with E-state index in [1.165, 1.54) is 57.8 Å². The molecule has 0 saturated heterocycles. The van der Waals surface area contributed by atoms with E-state index < -0.39 is 6.10 Å². The van der Waals surface area contributed by atoms with Crippen LogP contribution in [0.1, 0.15) is 104 Å². The number of unbranched alkanes of at least 4 members (excludes halogenated alkanes) is 10. The summed E-state index contributed by atoms with van der Waals surface area (Å²) < 4.78 is 11.6. The summed E-state index contributed by atoms with van der Waals surface area (Å²) in [4.78, 5) is 24.2. The molecule has 0 aliphatic heterocycles. The molecule has 0 heterocycles. The number of rotatable bonds is 19. The third-order valence-corrected chi connectivity index (χ3v) is 5.03. The third-order valence-electron chi connectivity index (χ3n) is 5.03. The van der Waals surface area contributed by atoms with Gasteiger partial charge in [-0.3, -0.25) is 9.59 Å². The number of carbonyl (C=O) groups excluding carboxylic acids is 2. The normalized spacial score (nSPS) is 12.4. The van der Waals surface area contributed by atoms with Crippen LogP contribution in [0.4, 0.5) is 0 Å². The molecule has 0 aliphatic carbocycles. The van der Waals surface area contributed by atoms with Crippen LogP contribution in [0.3, 0.4) is 0 Å². The van der Waals surface area contributed by atoms with Crippen LogP contribution in [-0.2, 0) is 19.1 Å². The molecule has 1 atom stereocenters. The zero-order chi connectivity index (χ0) is 22.8. The molecule has 0 rings (SSSR count). The number of carbonyl (C=O) groups is 2. The molecular weight excluding hydrogens is 414 g/mol. The second-order valence-electron chi connectivity index (χ2n) is 10.1. The van der Waals surface area contributed by atoms with Crippen molar-refractivity contribution in [3.63, 3.8) is 0 Å². The van der Waals surface area contributed by atoms with Gasteiger partial charge in [0.15, 0.2) is 6.10 Å². The molecule has 0 aromatic heterocycles. The maximum absolute atomic E-state index is 12.2. The quantitative estimate of drug-likeness (QED) is 0.168. The van der Waals surface area contributed by atoms with Crippen molar-refractivity contribution in [2.24, 2.45) is 5.92 Å². The summed E-state index contributed by atoms with van der Waals surface area (Å²) in [5, 5.41) is 0. The first-order valence-electron chi connectivity index (χ1n) is 12.3. The van der Waals surface area contributed by atoms with Crippen molar-refractivity contribution in [3.05, 3.63) is 0 Å². The number of hydrogen-bond donors (Lipinski definition) is 0. The van der Waals surface area contributed by atoms with Crippen molar-refractivity contribution in [3.8, 4) is 0 Å². The van der Waals surface area contributed by atoms with Gasteiger partial charge in [-0.05, 0) is 12.3 Å². The van der Waals surface area contributed by atoms with Crippen LogP contribution in [-0.4, -0.2) is 56.8 Å². The first kappa shape index (κ1) is 32.4. The van der Waals surface area contributed by atoms with E-state index in [2.05, 4.69) is 6.92 Å². The van der Waals surface area contributed by atoms with Crippen molar-refractivity contribution in [2.75, 3.05) is 34.3 Å². The van der Waals surface area contributed by atoms with Crippen LogP contribution in [0.25, 0.3) is 0 Å². The summed E-state index contributed by atoms with van der Waals surface area (Å²) in [6.07, 6.45) is 14.1. The van der Waals surface area contributed by atoms with Gasteiger partial charge < -0.3 is 26.4 Å². The molecule has 0 spiro atoms. The van der Waals surface area contributed by atoms with E-state index >= 15 is 0 Å². The maximum atomic E-state index is 12.2. The number of halogens is 1. The van der Waals surface area contributed by atoms with Crippen molar-refractivity contribution in [1.82, 2.24) is 0 Å². The minimum absolute atomic E-state index is 0. The number of nitrogens with zero attached hydrogens (tertiary/aromatic N) is 1. The molecule has 31 heavy (non-hydrogen) atoms. The van der Waals surface area contributed by atoms with Gasteiger partial charge in [-0.1, -0.05) is 85.0 Å². The SMILES string of the molecule is CCCCCCCCCCCCCOC(=O)C[C@H](C[N+](C)(C)C)OC(=O)CC(C)C.[Cl-]. The standard InChI is InChI=1S/C25H50NO4.ClH/c1-7-8-9-10-11-12-13-14-15-16-17-18-29-24(27)20-23(21-26(4,5)6)30-25(28)19-22(2)3;/h22-23H,7-21H2,1-6H3;1H/q+1;/p-1/t23-;/m1./s1. The Bertz CT molecular complexity index is 449. The molecule has 0 unspecified atom stereocenters. The minimum atomic E-state index is -0.430.